The Balaban J connectivity index is 2.33. The van der Waals surface area contributed by atoms with Crippen LogP contribution in [0.1, 0.15) is 41.2 Å². The molecule has 0 unspecified atom stereocenters. The zero-order valence-corrected chi connectivity index (χ0v) is 17.0. The van der Waals surface area contributed by atoms with Crippen molar-refractivity contribution in [2.45, 2.75) is 53.1 Å². The summed E-state index contributed by atoms with van der Waals surface area (Å²) in [5.74, 6) is -0.153. The van der Waals surface area contributed by atoms with Crippen molar-refractivity contribution < 1.29 is 9.59 Å². The second-order valence-corrected chi connectivity index (χ2v) is 7.16. The fourth-order valence-corrected chi connectivity index (χ4v) is 3.35. The molecule has 0 aromatic heterocycles. The molecule has 4 nitrogen and oxygen atoms in total. The summed E-state index contributed by atoms with van der Waals surface area (Å²) in [6, 6.07) is 13.7. The van der Waals surface area contributed by atoms with Crippen molar-refractivity contribution in [1.82, 2.24) is 10.2 Å². The Hall–Kier alpha value is -2.62. The van der Waals surface area contributed by atoms with Gasteiger partial charge in [0.25, 0.3) is 0 Å². The molecule has 0 heterocycles. The fourth-order valence-electron chi connectivity index (χ4n) is 3.35. The smallest absolute Gasteiger partial charge is 0.242 e. The third kappa shape index (κ3) is 5.43. The van der Waals surface area contributed by atoms with Crippen LogP contribution in [0, 0.1) is 20.8 Å². The summed E-state index contributed by atoms with van der Waals surface area (Å²) in [5, 5.41) is 2.70. The summed E-state index contributed by atoms with van der Waals surface area (Å²) in [4.78, 5) is 27.4. The average molecular weight is 367 g/mol. The van der Waals surface area contributed by atoms with Gasteiger partial charge in [0.05, 0.1) is 6.42 Å². The molecule has 0 radical (unpaired) electrons. The minimum absolute atomic E-state index is 0.0272. The number of amides is 2. The van der Waals surface area contributed by atoms with Crippen molar-refractivity contribution >= 4 is 11.8 Å². The maximum atomic E-state index is 13.2. The molecule has 2 aromatic rings. The standard InChI is InChI=1S/C23H30N2O2/c1-6-21(23(27)24-5)25(15-19-9-7-8-16(2)12-19)22(26)14-20-13-17(3)10-11-18(20)4/h7-13,21H,6,14-15H2,1-5H3,(H,24,27)/t21-/m0/s1. The quantitative estimate of drug-likeness (QED) is 0.812. The van der Waals surface area contributed by atoms with E-state index in [1.807, 2.05) is 58.0 Å². The minimum Gasteiger partial charge on any atom is -0.357 e. The Kier molecular flexibility index (Phi) is 7.17. The highest BCUT2D eigenvalue weighted by atomic mass is 16.2. The third-order valence-electron chi connectivity index (χ3n) is 4.91. The van der Waals surface area contributed by atoms with Gasteiger partial charge in [0.2, 0.25) is 11.8 Å². The van der Waals surface area contributed by atoms with Gasteiger partial charge in [-0.25, -0.2) is 0 Å². The van der Waals surface area contributed by atoms with Gasteiger partial charge in [-0.05, 0) is 43.9 Å². The number of hydrogen-bond donors (Lipinski definition) is 1. The Labute approximate surface area is 162 Å². The number of hydrogen-bond acceptors (Lipinski definition) is 2. The lowest BCUT2D eigenvalue weighted by Gasteiger charge is -2.30. The van der Waals surface area contributed by atoms with Crippen LogP contribution in [-0.2, 0) is 22.6 Å². The molecule has 0 aliphatic carbocycles. The van der Waals surface area contributed by atoms with Crippen molar-refractivity contribution in [3.8, 4) is 0 Å². The van der Waals surface area contributed by atoms with Crippen LogP contribution < -0.4 is 5.32 Å². The molecule has 2 rings (SSSR count). The molecule has 0 saturated carbocycles. The summed E-state index contributed by atoms with van der Waals surface area (Å²) in [7, 11) is 1.62. The summed E-state index contributed by atoms with van der Waals surface area (Å²) >= 11 is 0. The van der Waals surface area contributed by atoms with Crippen molar-refractivity contribution in [1.29, 1.82) is 0 Å². The van der Waals surface area contributed by atoms with Crippen LogP contribution in [0.3, 0.4) is 0 Å². The summed E-state index contributed by atoms with van der Waals surface area (Å²) < 4.78 is 0. The predicted molar refractivity (Wildman–Crippen MR) is 109 cm³/mol. The largest absolute Gasteiger partial charge is 0.357 e. The topological polar surface area (TPSA) is 49.4 Å². The van der Waals surface area contributed by atoms with Gasteiger partial charge < -0.3 is 10.2 Å². The van der Waals surface area contributed by atoms with E-state index in [0.29, 0.717) is 19.4 Å². The van der Waals surface area contributed by atoms with Gasteiger partial charge in [0, 0.05) is 13.6 Å². The first kappa shape index (κ1) is 20.7. The van der Waals surface area contributed by atoms with E-state index in [9.17, 15) is 9.59 Å². The molecular weight excluding hydrogens is 336 g/mol. The Morgan fingerprint density at radius 3 is 2.37 bits per heavy atom. The minimum atomic E-state index is -0.479. The number of likely N-dealkylation sites (N-methyl/N-ethyl adjacent to an activating group) is 1. The van der Waals surface area contributed by atoms with E-state index in [4.69, 9.17) is 0 Å². The van der Waals surface area contributed by atoms with Crippen LogP contribution in [0.25, 0.3) is 0 Å². The van der Waals surface area contributed by atoms with Gasteiger partial charge >= 0.3 is 0 Å². The Bertz CT molecular complexity index is 814. The molecule has 2 amide bonds. The van der Waals surface area contributed by atoms with E-state index in [0.717, 1.165) is 27.8 Å². The Morgan fingerprint density at radius 1 is 1.04 bits per heavy atom. The molecule has 27 heavy (non-hydrogen) atoms. The molecule has 144 valence electrons. The van der Waals surface area contributed by atoms with Gasteiger partial charge in [-0.15, -0.1) is 0 Å². The molecule has 0 aliphatic rings. The van der Waals surface area contributed by atoms with E-state index in [2.05, 4.69) is 17.4 Å². The molecule has 1 atom stereocenters. The maximum Gasteiger partial charge on any atom is 0.242 e. The lowest BCUT2D eigenvalue weighted by atomic mass is 10.0. The molecule has 2 aromatic carbocycles. The molecular formula is C23H30N2O2. The van der Waals surface area contributed by atoms with Crippen LogP contribution >= 0.6 is 0 Å². The maximum absolute atomic E-state index is 13.2. The first-order chi connectivity index (χ1) is 12.8. The molecule has 0 bridgehead atoms. The van der Waals surface area contributed by atoms with Crippen molar-refractivity contribution in [3.63, 3.8) is 0 Å². The monoisotopic (exact) mass is 366 g/mol. The highest BCUT2D eigenvalue weighted by Gasteiger charge is 2.28. The first-order valence-corrected chi connectivity index (χ1v) is 9.48. The van der Waals surface area contributed by atoms with Crippen LogP contribution in [0.2, 0.25) is 0 Å². The molecule has 1 N–H and O–H groups in total. The van der Waals surface area contributed by atoms with Crippen molar-refractivity contribution in [2.24, 2.45) is 0 Å². The third-order valence-corrected chi connectivity index (χ3v) is 4.91. The summed E-state index contributed by atoms with van der Waals surface area (Å²) in [6.07, 6.45) is 0.872. The molecule has 4 heteroatoms. The number of benzene rings is 2. The SMILES string of the molecule is CC[C@@H](C(=O)NC)N(Cc1cccc(C)c1)C(=O)Cc1cc(C)ccc1C. The number of aryl methyl sites for hydroxylation is 3. The van der Waals surface area contributed by atoms with Crippen LogP contribution in [0.5, 0.6) is 0 Å². The number of nitrogens with zero attached hydrogens (tertiary/aromatic N) is 1. The highest BCUT2D eigenvalue weighted by Crippen LogP contribution is 2.17. The summed E-state index contributed by atoms with van der Waals surface area (Å²) in [6.45, 7) is 8.44. The van der Waals surface area contributed by atoms with E-state index in [1.165, 1.54) is 0 Å². The number of carbonyl (C=O) groups is 2. The molecule has 0 fully saturated rings. The molecule has 0 aliphatic heterocycles. The molecule has 0 spiro atoms. The Morgan fingerprint density at radius 2 is 1.74 bits per heavy atom. The van der Waals surface area contributed by atoms with Gasteiger partial charge in [0.15, 0.2) is 0 Å². The van der Waals surface area contributed by atoms with Gasteiger partial charge in [-0.2, -0.15) is 0 Å². The van der Waals surface area contributed by atoms with E-state index < -0.39 is 6.04 Å². The first-order valence-electron chi connectivity index (χ1n) is 9.48. The van der Waals surface area contributed by atoms with Crippen LogP contribution in [0.15, 0.2) is 42.5 Å². The highest BCUT2D eigenvalue weighted by molar-refractivity contribution is 5.88. The number of carbonyl (C=O) groups excluding carboxylic acids is 2. The molecule has 0 saturated heterocycles. The normalized spacial score (nSPS) is 11.7. The second kappa shape index (κ2) is 9.36. The lowest BCUT2D eigenvalue weighted by Crippen LogP contribution is -2.48. The number of rotatable bonds is 7. The van der Waals surface area contributed by atoms with E-state index in [1.54, 1.807) is 11.9 Å². The summed E-state index contributed by atoms with van der Waals surface area (Å²) in [5.41, 5.74) is 5.42. The van der Waals surface area contributed by atoms with Crippen molar-refractivity contribution in [2.75, 3.05) is 7.05 Å². The van der Waals surface area contributed by atoms with Crippen molar-refractivity contribution in [3.05, 3.63) is 70.3 Å². The number of nitrogens with one attached hydrogen (secondary N) is 1. The van der Waals surface area contributed by atoms with Crippen LogP contribution in [0.4, 0.5) is 0 Å². The van der Waals surface area contributed by atoms with Gasteiger partial charge in [-0.3, -0.25) is 9.59 Å². The average Bonchev–Trinajstić information content (AvgIpc) is 2.64. The zero-order valence-electron chi connectivity index (χ0n) is 17.0. The van der Waals surface area contributed by atoms with Gasteiger partial charge in [-0.1, -0.05) is 60.5 Å². The predicted octanol–water partition coefficient (Wildman–Crippen LogP) is 3.71. The lowest BCUT2D eigenvalue weighted by molar-refractivity contribution is -0.140. The van der Waals surface area contributed by atoms with Crippen LogP contribution in [-0.4, -0.2) is 29.8 Å². The second-order valence-electron chi connectivity index (χ2n) is 7.16. The zero-order chi connectivity index (χ0) is 20.0. The van der Waals surface area contributed by atoms with E-state index in [-0.39, 0.29) is 11.8 Å². The van der Waals surface area contributed by atoms with Gasteiger partial charge in [0.1, 0.15) is 6.04 Å². The fraction of sp³-hybridized carbons (Fsp3) is 0.391. The van der Waals surface area contributed by atoms with E-state index >= 15 is 0 Å².